The first-order chi connectivity index (χ1) is 14.8. The van der Waals surface area contributed by atoms with E-state index < -0.39 is 44.3 Å². The van der Waals surface area contributed by atoms with Crippen LogP contribution in [-0.4, -0.2) is 55.4 Å². The van der Waals surface area contributed by atoms with E-state index in [0.717, 1.165) is 4.83 Å². The molecule has 2 unspecified atom stereocenters. The van der Waals surface area contributed by atoms with Gasteiger partial charge in [0.15, 0.2) is 0 Å². The number of carboxylic acids is 1. The lowest BCUT2D eigenvalue weighted by Gasteiger charge is -2.25. The molecular formula is C18H23N4O8P. The zero-order valence-corrected chi connectivity index (χ0v) is 17.5. The number of hydroxylamine groups is 1. The zero-order chi connectivity index (χ0) is 22.5. The number of para-hydroxylation sites is 1. The number of hydrogen-bond acceptors (Lipinski definition) is 9. The first kappa shape index (κ1) is 22.9. The number of anilines is 1. The van der Waals surface area contributed by atoms with Gasteiger partial charge < -0.3 is 30.0 Å². The molecule has 0 radical (unpaired) electrons. The average Bonchev–Trinajstić information content (AvgIpc) is 3.10. The number of carbonyl (C=O) groups is 1. The summed E-state index contributed by atoms with van der Waals surface area (Å²) in [5.41, 5.74) is 4.83. The molecule has 2 aromatic rings. The summed E-state index contributed by atoms with van der Waals surface area (Å²) in [6.45, 7) is 0.988. The first-order valence-electron chi connectivity index (χ1n) is 9.36. The lowest BCUT2D eigenvalue weighted by atomic mass is 10.2. The summed E-state index contributed by atoms with van der Waals surface area (Å²) in [6.07, 6.45) is -1.23. The Morgan fingerprint density at radius 3 is 2.77 bits per heavy atom. The van der Waals surface area contributed by atoms with Crippen LogP contribution in [0.5, 0.6) is 5.75 Å². The minimum atomic E-state index is -3.18. The molecule has 1 aliphatic heterocycles. The highest BCUT2D eigenvalue weighted by Crippen LogP contribution is 2.35. The van der Waals surface area contributed by atoms with Crippen LogP contribution in [0.2, 0.25) is 0 Å². The Kier molecular flexibility index (Phi) is 7.42. The largest absolute Gasteiger partial charge is 0.480 e. The summed E-state index contributed by atoms with van der Waals surface area (Å²) in [4.78, 5) is 33.2. The van der Waals surface area contributed by atoms with Gasteiger partial charge in [-0.1, -0.05) is 23.0 Å². The second-order valence-electron chi connectivity index (χ2n) is 6.80. The van der Waals surface area contributed by atoms with Gasteiger partial charge in [0, 0.05) is 12.6 Å². The fourth-order valence-corrected chi connectivity index (χ4v) is 3.91. The van der Waals surface area contributed by atoms with Crippen molar-refractivity contribution < 1.29 is 33.7 Å². The summed E-state index contributed by atoms with van der Waals surface area (Å²) in [5.74, 6) is -0.917. The van der Waals surface area contributed by atoms with Gasteiger partial charge in [0.2, 0.25) is 0 Å². The molecule has 4 N–H and O–H groups in total. The third kappa shape index (κ3) is 5.69. The molecule has 2 heterocycles. The van der Waals surface area contributed by atoms with E-state index in [1.165, 1.54) is 23.8 Å². The summed E-state index contributed by atoms with van der Waals surface area (Å²) in [5, 5.41) is 19.6. The molecule has 1 aliphatic rings. The second kappa shape index (κ2) is 10.0. The van der Waals surface area contributed by atoms with E-state index >= 15 is 0 Å². The minimum absolute atomic E-state index is 0.0596. The van der Waals surface area contributed by atoms with E-state index in [0.29, 0.717) is 0 Å². The summed E-state index contributed by atoms with van der Waals surface area (Å²) in [6, 6.07) is 8.39. The normalized spacial score (nSPS) is 22.9. The zero-order valence-electron chi connectivity index (χ0n) is 16.5. The Bertz CT molecular complexity index is 988. The number of nitrogen functional groups attached to an aromatic ring is 1. The lowest BCUT2D eigenvalue weighted by molar-refractivity contribution is -0.148. The van der Waals surface area contributed by atoms with Crippen molar-refractivity contribution in [2.75, 3.05) is 12.3 Å². The van der Waals surface area contributed by atoms with Crippen molar-refractivity contribution in [2.45, 2.75) is 37.8 Å². The summed E-state index contributed by atoms with van der Waals surface area (Å²) in [7, 11) is -3.18. The van der Waals surface area contributed by atoms with Gasteiger partial charge in [0.05, 0.1) is 12.7 Å². The highest BCUT2D eigenvalue weighted by atomic mass is 31.1. The fourth-order valence-electron chi connectivity index (χ4n) is 2.87. The van der Waals surface area contributed by atoms with Crippen molar-refractivity contribution in [1.29, 1.82) is 0 Å². The molecule has 0 aliphatic carbocycles. The average molecular weight is 454 g/mol. The van der Waals surface area contributed by atoms with E-state index in [2.05, 4.69) is 4.98 Å². The van der Waals surface area contributed by atoms with Gasteiger partial charge in [0.1, 0.15) is 29.9 Å². The van der Waals surface area contributed by atoms with Crippen LogP contribution in [0.1, 0.15) is 19.6 Å². The third-order valence-electron chi connectivity index (χ3n) is 4.57. The quantitative estimate of drug-likeness (QED) is 0.359. The topological polar surface area (TPSA) is 166 Å². The van der Waals surface area contributed by atoms with Crippen LogP contribution in [0, 0.1) is 0 Å². The van der Waals surface area contributed by atoms with Crippen LogP contribution >= 0.6 is 8.18 Å². The maximum atomic E-state index is 12.7. The van der Waals surface area contributed by atoms with Crippen LogP contribution in [0.15, 0.2) is 47.4 Å². The molecule has 0 bridgehead atoms. The fraction of sp³-hybridized carbons (Fsp3) is 0.389. The molecule has 1 aromatic carbocycles. The number of hydrogen-bond donors (Lipinski definition) is 3. The molecular weight excluding hydrogens is 431 g/mol. The Balaban J connectivity index is 1.64. The lowest BCUT2D eigenvalue weighted by Crippen LogP contribution is -2.37. The van der Waals surface area contributed by atoms with Crippen molar-refractivity contribution in [3.8, 4) is 5.75 Å². The highest BCUT2D eigenvalue weighted by Gasteiger charge is 2.37. The maximum Gasteiger partial charge on any atom is 0.351 e. The Morgan fingerprint density at radius 2 is 2.13 bits per heavy atom. The number of nitrogens with zero attached hydrogens (tertiary/aromatic N) is 3. The van der Waals surface area contributed by atoms with Gasteiger partial charge in [-0.15, -0.1) is 0 Å². The van der Waals surface area contributed by atoms with Gasteiger partial charge in [-0.2, -0.15) is 4.98 Å². The number of rotatable bonds is 9. The molecule has 1 saturated heterocycles. The number of aromatic nitrogens is 2. The molecule has 3 rings (SSSR count). The summed E-state index contributed by atoms with van der Waals surface area (Å²) >= 11 is 0. The Morgan fingerprint density at radius 1 is 1.42 bits per heavy atom. The Hall–Kier alpha value is -2.76. The summed E-state index contributed by atoms with van der Waals surface area (Å²) < 4.78 is 24.8. The van der Waals surface area contributed by atoms with Crippen molar-refractivity contribution in [1.82, 2.24) is 14.4 Å². The SMILES string of the molecule is CC(C(=O)O)N(Oc1ccccc1)[PH](=O)OC[C@H]1O[C@@H](n2ccc(N)nc2=O)C[C@@H]1O. The minimum Gasteiger partial charge on any atom is -0.480 e. The molecule has 0 spiro atoms. The molecule has 168 valence electrons. The highest BCUT2D eigenvalue weighted by molar-refractivity contribution is 7.36. The smallest absolute Gasteiger partial charge is 0.351 e. The van der Waals surface area contributed by atoms with Crippen LogP contribution < -0.4 is 16.3 Å². The van der Waals surface area contributed by atoms with E-state index in [4.69, 9.17) is 19.8 Å². The van der Waals surface area contributed by atoms with Crippen LogP contribution in [0.4, 0.5) is 5.82 Å². The van der Waals surface area contributed by atoms with Crippen molar-refractivity contribution >= 4 is 20.0 Å². The van der Waals surface area contributed by atoms with E-state index in [1.807, 2.05) is 0 Å². The van der Waals surface area contributed by atoms with Crippen molar-refractivity contribution in [2.24, 2.45) is 0 Å². The molecule has 12 nitrogen and oxygen atoms in total. The van der Waals surface area contributed by atoms with Gasteiger partial charge in [-0.05, 0) is 25.1 Å². The van der Waals surface area contributed by atoms with Crippen LogP contribution in [0.3, 0.4) is 0 Å². The van der Waals surface area contributed by atoms with Crippen LogP contribution in [0.25, 0.3) is 0 Å². The number of aliphatic hydroxyl groups is 1. The molecule has 1 fully saturated rings. The van der Waals surface area contributed by atoms with Gasteiger partial charge in [-0.25, -0.2) is 4.79 Å². The number of nitrogens with two attached hydrogens (primary N) is 1. The Labute approximate surface area is 177 Å². The second-order valence-corrected chi connectivity index (χ2v) is 8.06. The van der Waals surface area contributed by atoms with Crippen molar-refractivity contribution in [3.63, 3.8) is 0 Å². The standard InChI is InChI=1S/C18H23N4O8P/c1-11(17(24)25)22(30-12-5-3-2-4-6-12)31(27)28-10-14-13(23)9-16(29-14)21-8-7-15(19)20-18(21)26/h2-8,11,13-14,16,23,31H,9-10H2,1H3,(H,24,25)(H2,19,20,26)/t11?,13-,14+,16+/m0/s1. The number of ether oxygens (including phenoxy) is 1. The number of carboxylic acid groups (broad SMARTS) is 1. The maximum absolute atomic E-state index is 12.7. The van der Waals surface area contributed by atoms with Gasteiger partial charge in [0.25, 0.3) is 8.18 Å². The predicted octanol–water partition coefficient (Wildman–Crippen LogP) is 0.649. The number of aliphatic carboxylic acids is 1. The monoisotopic (exact) mass is 454 g/mol. The molecule has 31 heavy (non-hydrogen) atoms. The number of benzene rings is 1. The van der Waals surface area contributed by atoms with Gasteiger partial charge in [-0.3, -0.25) is 13.9 Å². The van der Waals surface area contributed by atoms with E-state index in [1.54, 1.807) is 30.3 Å². The third-order valence-corrected chi connectivity index (χ3v) is 5.83. The molecule has 1 aromatic heterocycles. The molecule has 5 atom stereocenters. The van der Waals surface area contributed by atoms with E-state index in [9.17, 15) is 24.4 Å². The molecule has 13 heteroatoms. The van der Waals surface area contributed by atoms with E-state index in [-0.39, 0.29) is 24.6 Å². The van der Waals surface area contributed by atoms with Gasteiger partial charge >= 0.3 is 11.7 Å². The van der Waals surface area contributed by atoms with Crippen LogP contribution in [-0.2, 0) is 18.6 Å². The molecule has 0 saturated carbocycles. The molecule has 0 amide bonds. The predicted molar refractivity (Wildman–Crippen MR) is 108 cm³/mol. The number of aliphatic hydroxyl groups excluding tert-OH is 1. The van der Waals surface area contributed by atoms with Crippen molar-refractivity contribution in [3.05, 3.63) is 53.1 Å². The first-order valence-corrected chi connectivity index (χ1v) is 10.6.